The number of pyridine rings is 1. The molecular weight excluding hydrogens is 195 g/mol. The van der Waals surface area contributed by atoms with E-state index in [9.17, 15) is 0 Å². The van der Waals surface area contributed by atoms with Gasteiger partial charge in [-0.3, -0.25) is 4.98 Å². The molecule has 0 saturated heterocycles. The van der Waals surface area contributed by atoms with Crippen LogP contribution in [0, 0.1) is 11.3 Å². The van der Waals surface area contributed by atoms with Crippen LogP contribution in [0.3, 0.4) is 0 Å². The molecule has 2 radical (unpaired) electrons. The average molecular weight is 206 g/mol. The van der Waals surface area contributed by atoms with Gasteiger partial charge in [0.1, 0.15) is 7.85 Å². The molecule has 3 heteroatoms. The van der Waals surface area contributed by atoms with Crippen LogP contribution in [0.5, 0.6) is 0 Å². The number of nitrogens with zero attached hydrogens (tertiary/aromatic N) is 2. The predicted molar refractivity (Wildman–Crippen MR) is 65.8 cm³/mol. The highest BCUT2D eigenvalue weighted by molar-refractivity contribution is 6.38. The van der Waals surface area contributed by atoms with E-state index in [1.54, 1.807) is 6.20 Å². The molecule has 76 valence electrons. The molecule has 0 aliphatic heterocycles. The summed E-state index contributed by atoms with van der Waals surface area (Å²) < 4.78 is 0. The smallest absolute Gasteiger partial charge is 0.116 e. The Hall–Kier alpha value is -1.82. The van der Waals surface area contributed by atoms with Gasteiger partial charge in [-0.2, -0.15) is 5.26 Å². The maximum atomic E-state index is 9.10. The summed E-state index contributed by atoms with van der Waals surface area (Å²) in [7, 11) is 5.94. The Balaban J connectivity index is 2.73. The first-order valence-electron chi connectivity index (χ1n) is 5.10. The predicted octanol–water partition coefficient (Wildman–Crippen LogP) is 1.83. The molecule has 1 aromatic heterocycles. The van der Waals surface area contributed by atoms with Crippen molar-refractivity contribution in [1.29, 1.82) is 5.26 Å². The van der Waals surface area contributed by atoms with Crippen molar-refractivity contribution in [3.05, 3.63) is 36.0 Å². The van der Waals surface area contributed by atoms with Crippen molar-refractivity contribution in [2.75, 3.05) is 0 Å². The number of fused-ring (bicyclic) bond motifs is 1. The van der Waals surface area contributed by atoms with Crippen LogP contribution in [0.2, 0.25) is 0 Å². The third-order valence-electron chi connectivity index (χ3n) is 2.74. The van der Waals surface area contributed by atoms with Crippen LogP contribution in [0.1, 0.15) is 19.4 Å². The first-order valence-corrected chi connectivity index (χ1v) is 5.10. The molecule has 0 atom stereocenters. The normalized spacial score (nSPS) is 11.3. The number of nitriles is 1. The van der Waals surface area contributed by atoms with Crippen LogP contribution in [-0.4, -0.2) is 12.8 Å². The Morgan fingerprint density at radius 1 is 1.38 bits per heavy atom. The molecule has 0 fully saturated rings. The van der Waals surface area contributed by atoms with Gasteiger partial charge in [0, 0.05) is 6.20 Å². The van der Waals surface area contributed by atoms with E-state index in [0.29, 0.717) is 5.46 Å². The Labute approximate surface area is 96.3 Å². The first-order chi connectivity index (χ1) is 7.54. The summed E-state index contributed by atoms with van der Waals surface area (Å²) in [5.41, 5.74) is 1.81. The molecule has 2 nitrogen and oxygen atoms in total. The molecule has 0 aliphatic rings. The minimum Gasteiger partial charge on any atom is -0.257 e. The van der Waals surface area contributed by atoms with Gasteiger partial charge in [0.05, 0.1) is 17.0 Å². The number of hydrogen-bond donors (Lipinski definition) is 0. The van der Waals surface area contributed by atoms with Crippen LogP contribution >= 0.6 is 0 Å². The zero-order valence-electron chi connectivity index (χ0n) is 9.36. The second kappa shape index (κ2) is 3.64. The Kier molecular flexibility index (Phi) is 2.43. The van der Waals surface area contributed by atoms with E-state index < -0.39 is 5.41 Å². The fourth-order valence-electron chi connectivity index (χ4n) is 1.65. The van der Waals surface area contributed by atoms with Gasteiger partial charge in [0.2, 0.25) is 0 Å². The highest BCUT2D eigenvalue weighted by Crippen LogP contribution is 2.23. The van der Waals surface area contributed by atoms with E-state index in [4.69, 9.17) is 13.1 Å². The van der Waals surface area contributed by atoms with Gasteiger partial charge in [-0.15, -0.1) is 0 Å². The molecule has 2 rings (SSSR count). The minimum absolute atomic E-state index is 0.530. The molecule has 0 aliphatic carbocycles. The highest BCUT2D eigenvalue weighted by Gasteiger charge is 2.20. The van der Waals surface area contributed by atoms with Crippen molar-refractivity contribution in [2.45, 2.75) is 19.3 Å². The van der Waals surface area contributed by atoms with Crippen LogP contribution in [0.4, 0.5) is 0 Å². The van der Waals surface area contributed by atoms with E-state index in [1.165, 1.54) is 0 Å². The summed E-state index contributed by atoms with van der Waals surface area (Å²) in [6.07, 6.45) is 1.72. The van der Waals surface area contributed by atoms with Crippen molar-refractivity contribution in [3.63, 3.8) is 0 Å². The summed E-state index contributed by atoms with van der Waals surface area (Å²) in [4.78, 5) is 4.22. The Bertz CT molecular complexity index is 582. The third-order valence-corrected chi connectivity index (χ3v) is 2.74. The molecule has 1 heterocycles. The largest absolute Gasteiger partial charge is 0.257 e. The first kappa shape index (κ1) is 10.7. The van der Waals surface area contributed by atoms with E-state index in [0.717, 1.165) is 16.5 Å². The van der Waals surface area contributed by atoms with Crippen molar-refractivity contribution < 1.29 is 0 Å². The second-order valence-electron chi connectivity index (χ2n) is 4.38. The fraction of sp³-hybridized carbons (Fsp3) is 0.231. The van der Waals surface area contributed by atoms with Crippen molar-refractivity contribution in [1.82, 2.24) is 4.98 Å². The number of rotatable bonds is 1. The quantitative estimate of drug-likeness (QED) is 0.667. The van der Waals surface area contributed by atoms with E-state index in [2.05, 4.69) is 11.1 Å². The zero-order chi connectivity index (χ0) is 11.8. The number of aromatic nitrogens is 1. The van der Waals surface area contributed by atoms with E-state index >= 15 is 0 Å². The van der Waals surface area contributed by atoms with Crippen LogP contribution in [0.15, 0.2) is 30.5 Å². The molecule has 0 N–H and O–H groups in total. The lowest BCUT2D eigenvalue weighted by Crippen LogP contribution is -2.18. The van der Waals surface area contributed by atoms with Gasteiger partial charge in [-0.1, -0.05) is 17.6 Å². The van der Waals surface area contributed by atoms with Gasteiger partial charge in [-0.25, -0.2) is 0 Å². The molecule has 0 unspecified atom stereocenters. The molecule has 1 aromatic carbocycles. The van der Waals surface area contributed by atoms with Crippen molar-refractivity contribution in [2.24, 2.45) is 0 Å². The lowest BCUT2D eigenvalue weighted by Gasteiger charge is -2.17. The molecule has 0 saturated carbocycles. The van der Waals surface area contributed by atoms with Crippen molar-refractivity contribution >= 4 is 24.2 Å². The van der Waals surface area contributed by atoms with E-state index in [-0.39, 0.29) is 0 Å². The summed E-state index contributed by atoms with van der Waals surface area (Å²) in [5, 5.41) is 10.1. The topological polar surface area (TPSA) is 36.7 Å². The molecular formula is C13H11BN2. The minimum atomic E-state index is -0.530. The number of hydrogen-bond acceptors (Lipinski definition) is 2. The highest BCUT2D eigenvalue weighted by atomic mass is 14.6. The van der Waals surface area contributed by atoms with Gasteiger partial charge < -0.3 is 0 Å². The van der Waals surface area contributed by atoms with E-state index in [1.807, 2.05) is 38.1 Å². The zero-order valence-corrected chi connectivity index (χ0v) is 9.36. The summed E-state index contributed by atoms with van der Waals surface area (Å²) in [5.74, 6) is 0. The SMILES string of the molecule is [B]c1cc(C(C)(C)C#N)cc2cccnc12. The number of benzene rings is 1. The third kappa shape index (κ3) is 1.67. The second-order valence-corrected chi connectivity index (χ2v) is 4.38. The molecule has 16 heavy (non-hydrogen) atoms. The van der Waals surface area contributed by atoms with Gasteiger partial charge in [0.25, 0.3) is 0 Å². The average Bonchev–Trinajstić information content (AvgIpc) is 2.29. The molecule has 0 spiro atoms. The van der Waals surface area contributed by atoms with Crippen LogP contribution in [0.25, 0.3) is 10.9 Å². The van der Waals surface area contributed by atoms with Gasteiger partial charge >= 0.3 is 0 Å². The molecule has 0 bridgehead atoms. The Morgan fingerprint density at radius 2 is 2.12 bits per heavy atom. The summed E-state index contributed by atoms with van der Waals surface area (Å²) in [6.45, 7) is 3.76. The summed E-state index contributed by atoms with van der Waals surface area (Å²) in [6, 6.07) is 9.90. The lowest BCUT2D eigenvalue weighted by atomic mass is 9.81. The van der Waals surface area contributed by atoms with Gasteiger partial charge in [-0.05, 0) is 36.9 Å². The maximum absolute atomic E-state index is 9.10. The molecule has 0 amide bonds. The van der Waals surface area contributed by atoms with Crippen LogP contribution in [-0.2, 0) is 5.41 Å². The summed E-state index contributed by atoms with van der Waals surface area (Å²) >= 11 is 0. The van der Waals surface area contributed by atoms with Crippen LogP contribution < -0.4 is 5.46 Å². The standard InChI is InChI=1S/C13H11BN2/c1-13(2,8-15)10-6-9-4-3-5-16-12(9)11(14)7-10/h3-7H,1-2H3. The maximum Gasteiger partial charge on any atom is 0.116 e. The molecule has 2 aromatic rings. The van der Waals surface area contributed by atoms with Gasteiger partial charge in [0.15, 0.2) is 0 Å². The Morgan fingerprint density at radius 3 is 2.81 bits per heavy atom. The lowest BCUT2D eigenvalue weighted by molar-refractivity contribution is 0.688. The monoisotopic (exact) mass is 206 g/mol. The fourth-order valence-corrected chi connectivity index (χ4v) is 1.65. The van der Waals surface area contributed by atoms with Crippen molar-refractivity contribution in [3.8, 4) is 6.07 Å².